The number of hydrogen-bond donors (Lipinski definition) is 1. The van der Waals surface area contributed by atoms with Crippen LogP contribution in [0.5, 0.6) is 0 Å². The maximum absolute atomic E-state index is 9.18. The molecule has 0 aromatic heterocycles. The van der Waals surface area contributed by atoms with Gasteiger partial charge in [-0.25, -0.2) is 0 Å². The van der Waals surface area contributed by atoms with Crippen LogP contribution in [0.1, 0.15) is 124 Å². The summed E-state index contributed by atoms with van der Waals surface area (Å²) in [5.74, 6) is 0.887. The summed E-state index contributed by atoms with van der Waals surface area (Å²) in [6, 6.07) is 0. The zero-order valence-electron chi connectivity index (χ0n) is 15.9. The van der Waals surface area contributed by atoms with E-state index in [1.807, 2.05) is 6.92 Å². The molecule has 0 fully saturated rings. The second-order valence-electron chi connectivity index (χ2n) is 7.77. The molecule has 0 bridgehead atoms. The fourth-order valence-corrected chi connectivity index (χ4v) is 3.11. The van der Waals surface area contributed by atoms with Crippen LogP contribution in [-0.4, -0.2) is 11.2 Å². The Kier molecular flexibility index (Phi) is 17.3. The molecular formula is C21H44O. The van der Waals surface area contributed by atoms with E-state index in [1.54, 1.807) is 0 Å². The maximum atomic E-state index is 9.18. The van der Waals surface area contributed by atoms with Crippen molar-refractivity contribution >= 4 is 0 Å². The average Bonchev–Trinajstić information content (AvgIpc) is 2.46. The summed E-state index contributed by atoms with van der Waals surface area (Å²) in [7, 11) is 0. The summed E-state index contributed by atoms with van der Waals surface area (Å²) in [4.78, 5) is 0. The number of rotatable bonds is 17. The van der Waals surface area contributed by atoms with Crippen molar-refractivity contribution in [3.05, 3.63) is 0 Å². The smallest absolute Gasteiger partial charge is 0.0512 e. The van der Waals surface area contributed by atoms with Gasteiger partial charge in [0.05, 0.1) is 6.10 Å². The predicted molar refractivity (Wildman–Crippen MR) is 100 cm³/mol. The molecule has 22 heavy (non-hydrogen) atoms. The van der Waals surface area contributed by atoms with E-state index in [2.05, 4.69) is 13.8 Å². The standard InChI is InChI=1S/C21H44O/c1-20(2)18-16-14-12-10-8-6-4-5-7-9-11-13-15-17-19-21(3)22/h20-22H,4-19H2,1-3H3. The summed E-state index contributed by atoms with van der Waals surface area (Å²) in [6.07, 6.45) is 22.0. The SMILES string of the molecule is CC(C)CCCCCCCCCCCCCCCCC(C)O. The number of aliphatic hydroxyl groups excluding tert-OH is 1. The van der Waals surface area contributed by atoms with Crippen LogP contribution in [0.4, 0.5) is 0 Å². The third-order valence-corrected chi connectivity index (χ3v) is 4.65. The molecule has 0 rings (SSSR count). The zero-order chi connectivity index (χ0) is 16.5. The van der Waals surface area contributed by atoms with E-state index < -0.39 is 0 Å². The summed E-state index contributed by atoms with van der Waals surface area (Å²) in [5.41, 5.74) is 0. The van der Waals surface area contributed by atoms with E-state index in [0.717, 1.165) is 12.3 Å². The molecule has 0 saturated carbocycles. The van der Waals surface area contributed by atoms with Crippen LogP contribution < -0.4 is 0 Å². The van der Waals surface area contributed by atoms with E-state index in [4.69, 9.17) is 0 Å². The molecule has 0 aromatic rings. The molecule has 0 amide bonds. The Labute approximate surface area is 141 Å². The first-order valence-electron chi connectivity index (χ1n) is 10.3. The average molecular weight is 313 g/mol. The highest BCUT2D eigenvalue weighted by atomic mass is 16.3. The second kappa shape index (κ2) is 17.3. The Morgan fingerprint density at radius 3 is 1.00 bits per heavy atom. The van der Waals surface area contributed by atoms with Gasteiger partial charge in [0.15, 0.2) is 0 Å². The zero-order valence-corrected chi connectivity index (χ0v) is 15.9. The maximum Gasteiger partial charge on any atom is 0.0512 e. The lowest BCUT2D eigenvalue weighted by Crippen LogP contribution is -1.98. The van der Waals surface area contributed by atoms with Gasteiger partial charge in [-0.1, -0.05) is 110 Å². The van der Waals surface area contributed by atoms with Crippen molar-refractivity contribution in [3.8, 4) is 0 Å². The van der Waals surface area contributed by atoms with Gasteiger partial charge in [-0.05, 0) is 19.3 Å². The highest BCUT2D eigenvalue weighted by Gasteiger charge is 1.97. The topological polar surface area (TPSA) is 20.2 Å². The third-order valence-electron chi connectivity index (χ3n) is 4.65. The van der Waals surface area contributed by atoms with Gasteiger partial charge in [0.1, 0.15) is 0 Å². The van der Waals surface area contributed by atoms with Gasteiger partial charge >= 0.3 is 0 Å². The molecule has 0 spiro atoms. The molecule has 0 aliphatic carbocycles. The molecule has 134 valence electrons. The van der Waals surface area contributed by atoms with Gasteiger partial charge in [0, 0.05) is 0 Å². The molecule has 0 aromatic carbocycles. The Morgan fingerprint density at radius 1 is 0.455 bits per heavy atom. The normalized spacial score (nSPS) is 13.0. The van der Waals surface area contributed by atoms with Crippen molar-refractivity contribution in [2.24, 2.45) is 5.92 Å². The van der Waals surface area contributed by atoms with Crippen LogP contribution in [0.2, 0.25) is 0 Å². The minimum absolute atomic E-state index is 0.102. The fourth-order valence-electron chi connectivity index (χ4n) is 3.11. The van der Waals surface area contributed by atoms with Crippen LogP contribution in [0.3, 0.4) is 0 Å². The predicted octanol–water partition coefficient (Wildman–Crippen LogP) is 7.26. The van der Waals surface area contributed by atoms with Crippen LogP contribution in [0, 0.1) is 5.92 Å². The van der Waals surface area contributed by atoms with Crippen molar-refractivity contribution in [3.63, 3.8) is 0 Å². The van der Waals surface area contributed by atoms with Crippen molar-refractivity contribution in [1.29, 1.82) is 0 Å². The minimum atomic E-state index is -0.102. The van der Waals surface area contributed by atoms with E-state index in [1.165, 1.54) is 96.3 Å². The number of aliphatic hydroxyl groups is 1. The lowest BCUT2D eigenvalue weighted by atomic mass is 10.0. The largest absolute Gasteiger partial charge is 0.393 e. The number of unbranched alkanes of at least 4 members (excludes halogenated alkanes) is 13. The fraction of sp³-hybridized carbons (Fsp3) is 1.00. The molecule has 1 unspecified atom stereocenters. The Morgan fingerprint density at radius 2 is 0.727 bits per heavy atom. The lowest BCUT2D eigenvalue weighted by Gasteiger charge is -2.05. The molecule has 0 heterocycles. The van der Waals surface area contributed by atoms with E-state index in [9.17, 15) is 5.11 Å². The molecule has 1 N–H and O–H groups in total. The second-order valence-corrected chi connectivity index (χ2v) is 7.77. The van der Waals surface area contributed by atoms with Crippen molar-refractivity contribution in [2.75, 3.05) is 0 Å². The molecule has 0 saturated heterocycles. The van der Waals surface area contributed by atoms with Gasteiger partial charge in [0.2, 0.25) is 0 Å². The minimum Gasteiger partial charge on any atom is -0.393 e. The molecule has 0 radical (unpaired) electrons. The van der Waals surface area contributed by atoms with Crippen molar-refractivity contribution in [1.82, 2.24) is 0 Å². The van der Waals surface area contributed by atoms with Gasteiger partial charge in [0.25, 0.3) is 0 Å². The van der Waals surface area contributed by atoms with Gasteiger partial charge in [-0.2, -0.15) is 0 Å². The third kappa shape index (κ3) is 20.0. The Hall–Kier alpha value is -0.0400. The van der Waals surface area contributed by atoms with Gasteiger partial charge < -0.3 is 5.11 Å². The monoisotopic (exact) mass is 312 g/mol. The first-order chi connectivity index (χ1) is 10.6. The van der Waals surface area contributed by atoms with E-state index in [0.29, 0.717) is 0 Å². The van der Waals surface area contributed by atoms with Gasteiger partial charge in [-0.15, -0.1) is 0 Å². The summed E-state index contributed by atoms with van der Waals surface area (Å²) < 4.78 is 0. The Bertz CT molecular complexity index is 176. The lowest BCUT2D eigenvalue weighted by molar-refractivity contribution is 0.180. The van der Waals surface area contributed by atoms with Crippen LogP contribution in [0.25, 0.3) is 0 Å². The van der Waals surface area contributed by atoms with Crippen LogP contribution >= 0.6 is 0 Å². The first kappa shape index (κ1) is 22.0. The van der Waals surface area contributed by atoms with Crippen LogP contribution in [-0.2, 0) is 0 Å². The molecular weight excluding hydrogens is 268 g/mol. The van der Waals surface area contributed by atoms with E-state index >= 15 is 0 Å². The molecule has 1 atom stereocenters. The summed E-state index contributed by atoms with van der Waals surface area (Å²) in [5, 5.41) is 9.18. The number of hydrogen-bond acceptors (Lipinski definition) is 1. The summed E-state index contributed by atoms with van der Waals surface area (Å²) in [6.45, 7) is 6.55. The molecule has 1 nitrogen and oxygen atoms in total. The first-order valence-corrected chi connectivity index (χ1v) is 10.3. The van der Waals surface area contributed by atoms with E-state index in [-0.39, 0.29) is 6.10 Å². The van der Waals surface area contributed by atoms with Crippen molar-refractivity contribution in [2.45, 2.75) is 130 Å². The molecule has 1 heteroatoms. The van der Waals surface area contributed by atoms with Crippen molar-refractivity contribution < 1.29 is 5.11 Å². The Balaban J connectivity index is 2.97. The molecule has 0 aliphatic rings. The highest BCUT2D eigenvalue weighted by Crippen LogP contribution is 2.14. The highest BCUT2D eigenvalue weighted by molar-refractivity contribution is 4.52. The summed E-state index contributed by atoms with van der Waals surface area (Å²) >= 11 is 0. The quantitative estimate of drug-likeness (QED) is 0.280. The molecule has 0 aliphatic heterocycles. The van der Waals surface area contributed by atoms with Gasteiger partial charge in [-0.3, -0.25) is 0 Å². The van der Waals surface area contributed by atoms with Crippen LogP contribution in [0.15, 0.2) is 0 Å².